The van der Waals surface area contributed by atoms with Gasteiger partial charge in [0, 0.05) is 42.3 Å². The molecule has 1 aliphatic carbocycles. The van der Waals surface area contributed by atoms with Gasteiger partial charge in [0.2, 0.25) is 0 Å². The van der Waals surface area contributed by atoms with E-state index >= 15 is 0 Å². The molecule has 0 saturated carbocycles. The molecule has 1 saturated heterocycles. The van der Waals surface area contributed by atoms with Crippen LogP contribution in [-0.2, 0) is 22.4 Å². The molecule has 1 fully saturated rings. The summed E-state index contributed by atoms with van der Waals surface area (Å²) in [5.41, 5.74) is 8.68. The van der Waals surface area contributed by atoms with Crippen LogP contribution >= 0.6 is 0 Å². The second-order valence-electron chi connectivity index (χ2n) is 7.42. The zero-order valence-corrected chi connectivity index (χ0v) is 14.7. The molecule has 2 aliphatic rings. The highest BCUT2D eigenvalue weighted by Gasteiger charge is 2.51. The van der Waals surface area contributed by atoms with Crippen LogP contribution in [0.3, 0.4) is 0 Å². The molecule has 0 radical (unpaired) electrons. The Hall–Kier alpha value is -2.14. The largest absolute Gasteiger partial charge is 0.461 e. The van der Waals surface area contributed by atoms with E-state index in [1.54, 1.807) is 6.92 Å². The first-order valence-corrected chi connectivity index (χ1v) is 9.27. The number of rotatable bonds is 2. The topological polar surface area (TPSA) is 73.3 Å². The summed E-state index contributed by atoms with van der Waals surface area (Å²) in [6, 6.07) is 5.50. The van der Waals surface area contributed by atoms with Crippen LogP contribution in [0.1, 0.15) is 50.4 Å². The predicted octanol–water partition coefficient (Wildman–Crippen LogP) is 3.20. The van der Waals surface area contributed by atoms with E-state index in [4.69, 9.17) is 10.2 Å². The van der Waals surface area contributed by atoms with Crippen LogP contribution < -0.4 is 10.2 Å². The van der Waals surface area contributed by atoms with E-state index in [1.807, 2.05) is 12.1 Å². The number of furan rings is 1. The fourth-order valence-corrected chi connectivity index (χ4v) is 4.81. The molecule has 1 unspecified atom stereocenters. The minimum atomic E-state index is -0.472. The van der Waals surface area contributed by atoms with Gasteiger partial charge in [-0.3, -0.25) is 4.79 Å². The zero-order chi connectivity index (χ0) is 17.6. The maximum atomic E-state index is 12.6. The summed E-state index contributed by atoms with van der Waals surface area (Å²) in [6.45, 7) is 2.20. The Bertz CT molecular complexity index is 854. The minimum absolute atomic E-state index is 0.0183. The average molecular weight is 341 g/mol. The summed E-state index contributed by atoms with van der Waals surface area (Å²) in [5, 5.41) is 1.10. The lowest BCUT2D eigenvalue weighted by Crippen LogP contribution is -2.60. The van der Waals surface area contributed by atoms with Crippen LogP contribution in [0.25, 0.3) is 11.0 Å². The normalized spacial score (nSPS) is 26.4. The third-order valence-electron chi connectivity index (χ3n) is 6.06. The molecular weight excluding hydrogens is 316 g/mol. The molecule has 132 valence electrons. The van der Waals surface area contributed by atoms with Gasteiger partial charge in [0.15, 0.2) is 6.04 Å². The molecule has 4 rings (SSSR count). The Morgan fingerprint density at radius 3 is 2.72 bits per heavy atom. The van der Waals surface area contributed by atoms with E-state index in [1.165, 1.54) is 18.4 Å². The molecule has 0 spiro atoms. The van der Waals surface area contributed by atoms with Crippen LogP contribution in [0, 0.1) is 0 Å². The number of quaternary nitrogens is 1. The molecule has 2 aromatic rings. The first-order chi connectivity index (χ1) is 12.0. The number of nitrogens with two attached hydrogens (primary N) is 1. The van der Waals surface area contributed by atoms with Crippen molar-refractivity contribution < 1.29 is 14.0 Å². The Morgan fingerprint density at radius 2 is 1.96 bits per heavy atom. The van der Waals surface area contributed by atoms with Crippen LogP contribution in [0.2, 0.25) is 0 Å². The molecule has 2 amide bonds. The van der Waals surface area contributed by atoms with Crippen molar-refractivity contribution >= 4 is 28.5 Å². The number of primary amides is 1. The number of hydrogen-bond acceptors (Lipinski definition) is 3. The number of aryl methyl sites for hydroxylation is 2. The molecular formula is C20H25N2O3+. The van der Waals surface area contributed by atoms with E-state index in [0.29, 0.717) is 13.0 Å². The summed E-state index contributed by atoms with van der Waals surface area (Å²) in [4.78, 5) is 24.7. The zero-order valence-electron chi connectivity index (χ0n) is 14.7. The van der Waals surface area contributed by atoms with E-state index in [2.05, 4.69) is 6.07 Å². The van der Waals surface area contributed by atoms with E-state index in [9.17, 15) is 9.59 Å². The quantitative estimate of drug-likeness (QED) is 0.673. The first kappa shape index (κ1) is 16.3. The van der Waals surface area contributed by atoms with Gasteiger partial charge in [-0.15, -0.1) is 0 Å². The molecule has 25 heavy (non-hydrogen) atoms. The van der Waals surface area contributed by atoms with Crippen molar-refractivity contribution in [3.05, 3.63) is 29.5 Å². The van der Waals surface area contributed by atoms with Gasteiger partial charge in [0.25, 0.3) is 5.91 Å². The SMILES string of the molecule is CC(=O)[N+]1(c2ccc3oc4c(c3c2)CCCCC4)CCC[C@H]1C(N)=O. The van der Waals surface area contributed by atoms with Crippen molar-refractivity contribution in [2.45, 2.75) is 57.9 Å². The van der Waals surface area contributed by atoms with Gasteiger partial charge in [-0.2, -0.15) is 0 Å². The van der Waals surface area contributed by atoms with Gasteiger partial charge in [-0.05, 0) is 25.3 Å². The Kier molecular flexibility index (Phi) is 3.91. The summed E-state index contributed by atoms with van der Waals surface area (Å²) in [6.07, 6.45) is 7.05. The molecule has 5 heteroatoms. The maximum Gasteiger partial charge on any atom is 0.316 e. The Morgan fingerprint density at radius 1 is 1.16 bits per heavy atom. The molecule has 1 aliphatic heterocycles. The predicted molar refractivity (Wildman–Crippen MR) is 97.0 cm³/mol. The maximum absolute atomic E-state index is 12.6. The average Bonchev–Trinajstić information content (AvgIpc) is 3.10. The second-order valence-corrected chi connectivity index (χ2v) is 7.42. The van der Waals surface area contributed by atoms with Gasteiger partial charge in [0.05, 0.1) is 13.5 Å². The van der Waals surface area contributed by atoms with Gasteiger partial charge in [-0.1, -0.05) is 6.42 Å². The van der Waals surface area contributed by atoms with Crippen molar-refractivity contribution in [2.75, 3.05) is 6.54 Å². The third kappa shape index (κ3) is 2.41. The lowest BCUT2D eigenvalue weighted by atomic mass is 10.0. The Labute approximate surface area is 147 Å². The highest BCUT2D eigenvalue weighted by Crippen LogP contribution is 2.39. The monoisotopic (exact) mass is 341 g/mol. The minimum Gasteiger partial charge on any atom is -0.461 e. The third-order valence-corrected chi connectivity index (χ3v) is 6.06. The van der Waals surface area contributed by atoms with Crippen LogP contribution in [-0.4, -0.2) is 24.4 Å². The lowest BCUT2D eigenvalue weighted by Gasteiger charge is -2.34. The van der Waals surface area contributed by atoms with E-state index < -0.39 is 6.04 Å². The first-order valence-electron chi connectivity index (χ1n) is 9.27. The number of nitrogens with zero attached hydrogens (tertiary/aromatic N) is 1. The molecule has 2 heterocycles. The van der Waals surface area contributed by atoms with Crippen LogP contribution in [0.4, 0.5) is 5.69 Å². The van der Waals surface area contributed by atoms with Gasteiger partial charge in [-0.25, -0.2) is 9.28 Å². The van der Waals surface area contributed by atoms with Crippen LogP contribution in [0.5, 0.6) is 0 Å². The molecule has 0 bridgehead atoms. The summed E-state index contributed by atoms with van der Waals surface area (Å²) in [5.74, 6) is 0.681. The molecule has 2 atom stereocenters. The van der Waals surface area contributed by atoms with Gasteiger partial charge in [0.1, 0.15) is 17.0 Å². The highest BCUT2D eigenvalue weighted by atomic mass is 16.3. The standard InChI is InChI=1S/C20H24N2O3/c1-13(23)22(11-5-7-17(22)20(21)24)14-9-10-19-16(12-14)15-6-3-2-4-8-18(15)25-19/h9-10,12,17H,2-8,11H2,1H3,(H-,21,24)/p+1/t17-,22?/m0/s1. The summed E-state index contributed by atoms with van der Waals surface area (Å²) < 4.78 is 6.12. The van der Waals surface area contributed by atoms with Crippen LogP contribution in [0.15, 0.2) is 22.6 Å². The number of hydrogen-bond donors (Lipinski definition) is 1. The smallest absolute Gasteiger partial charge is 0.316 e. The van der Waals surface area contributed by atoms with E-state index in [-0.39, 0.29) is 16.3 Å². The van der Waals surface area contributed by atoms with Crippen molar-refractivity contribution in [3.63, 3.8) is 0 Å². The molecule has 1 aromatic carbocycles. The van der Waals surface area contributed by atoms with Gasteiger partial charge < -0.3 is 10.2 Å². The summed E-state index contributed by atoms with van der Waals surface area (Å²) >= 11 is 0. The number of amides is 2. The van der Waals surface area contributed by atoms with E-state index in [0.717, 1.165) is 48.1 Å². The van der Waals surface area contributed by atoms with Gasteiger partial charge >= 0.3 is 5.91 Å². The second kappa shape index (κ2) is 5.99. The number of likely N-dealkylation sites (tertiary alicyclic amines) is 1. The fraction of sp³-hybridized carbons (Fsp3) is 0.500. The lowest BCUT2D eigenvalue weighted by molar-refractivity contribution is -0.134. The molecule has 2 N–H and O–H groups in total. The number of fused-ring (bicyclic) bond motifs is 3. The van der Waals surface area contributed by atoms with Crippen molar-refractivity contribution in [2.24, 2.45) is 5.73 Å². The van der Waals surface area contributed by atoms with Crippen molar-refractivity contribution in [1.29, 1.82) is 0 Å². The fourth-order valence-electron chi connectivity index (χ4n) is 4.81. The number of carbonyl (C=O) groups is 2. The summed E-state index contributed by atoms with van der Waals surface area (Å²) in [7, 11) is 0. The number of carbonyl (C=O) groups excluding carboxylic acids is 2. The highest BCUT2D eigenvalue weighted by molar-refractivity contribution is 5.97. The van der Waals surface area contributed by atoms with Crippen molar-refractivity contribution in [3.8, 4) is 0 Å². The molecule has 1 aromatic heterocycles. The number of benzene rings is 1. The molecule has 5 nitrogen and oxygen atoms in total. The Balaban J connectivity index is 1.89. The van der Waals surface area contributed by atoms with Crippen molar-refractivity contribution in [1.82, 2.24) is 4.48 Å².